The highest BCUT2D eigenvalue weighted by molar-refractivity contribution is 5.69. The van der Waals surface area contributed by atoms with E-state index >= 15 is 0 Å². The van der Waals surface area contributed by atoms with Gasteiger partial charge in [0.2, 0.25) is 0 Å². The van der Waals surface area contributed by atoms with E-state index in [1.807, 2.05) is 26.8 Å². The Morgan fingerprint density at radius 1 is 1.44 bits per heavy atom. The number of amides is 1. The lowest BCUT2D eigenvalue weighted by atomic mass is 9.94. The van der Waals surface area contributed by atoms with E-state index < -0.39 is 5.60 Å². The minimum atomic E-state index is -0.507. The maximum absolute atomic E-state index is 12.2. The molecule has 0 radical (unpaired) electrons. The van der Waals surface area contributed by atoms with Crippen LogP contribution in [0.2, 0.25) is 0 Å². The zero-order valence-electron chi connectivity index (χ0n) is 11.7. The standard InChI is InChI=1S/C14H25NO3/c1-5-7-11-8-6-9-12(10-16)15(11)13(17)18-14(2,3)4/h5,11-12,16H,1,6-10H2,2-4H3/t11-,12?/m0/s1. The first-order valence-electron chi connectivity index (χ1n) is 6.62. The molecule has 0 aromatic rings. The average Bonchev–Trinajstić information content (AvgIpc) is 2.26. The first-order chi connectivity index (χ1) is 8.39. The summed E-state index contributed by atoms with van der Waals surface area (Å²) in [7, 11) is 0. The van der Waals surface area contributed by atoms with Crippen molar-refractivity contribution in [1.82, 2.24) is 4.90 Å². The predicted molar refractivity (Wildman–Crippen MR) is 71.4 cm³/mol. The van der Waals surface area contributed by atoms with E-state index in [1.54, 1.807) is 4.90 Å². The Labute approximate surface area is 110 Å². The topological polar surface area (TPSA) is 49.8 Å². The molecule has 0 saturated carbocycles. The molecular weight excluding hydrogens is 230 g/mol. The molecule has 1 unspecified atom stereocenters. The van der Waals surface area contributed by atoms with Crippen LogP contribution in [-0.2, 0) is 4.74 Å². The summed E-state index contributed by atoms with van der Waals surface area (Å²) in [6.07, 6.45) is 5.05. The molecule has 104 valence electrons. The molecule has 0 aromatic heterocycles. The predicted octanol–water partition coefficient (Wildman–Crippen LogP) is 2.71. The molecule has 0 aliphatic carbocycles. The number of piperidine rings is 1. The van der Waals surface area contributed by atoms with E-state index in [-0.39, 0.29) is 24.8 Å². The second kappa shape index (κ2) is 6.23. The molecule has 1 aliphatic heterocycles. The van der Waals surface area contributed by atoms with Crippen molar-refractivity contribution in [2.24, 2.45) is 0 Å². The van der Waals surface area contributed by atoms with Crippen LogP contribution in [0.1, 0.15) is 46.5 Å². The molecule has 0 aromatic carbocycles. The summed E-state index contributed by atoms with van der Waals surface area (Å²) in [5.41, 5.74) is -0.507. The SMILES string of the molecule is C=CC[C@H]1CCCC(CO)N1C(=O)OC(C)(C)C. The molecule has 0 spiro atoms. The lowest BCUT2D eigenvalue weighted by molar-refractivity contribution is -0.0145. The van der Waals surface area contributed by atoms with Gasteiger partial charge in [-0.05, 0) is 46.5 Å². The van der Waals surface area contributed by atoms with Gasteiger partial charge in [-0.25, -0.2) is 4.79 Å². The van der Waals surface area contributed by atoms with Crippen LogP contribution in [0.3, 0.4) is 0 Å². The Hall–Kier alpha value is -1.03. The van der Waals surface area contributed by atoms with Crippen molar-refractivity contribution >= 4 is 6.09 Å². The summed E-state index contributed by atoms with van der Waals surface area (Å²) in [5.74, 6) is 0. The highest BCUT2D eigenvalue weighted by atomic mass is 16.6. The quantitative estimate of drug-likeness (QED) is 0.789. The number of hydrogen-bond donors (Lipinski definition) is 1. The Morgan fingerprint density at radius 3 is 2.56 bits per heavy atom. The summed E-state index contributed by atoms with van der Waals surface area (Å²) in [4.78, 5) is 13.9. The van der Waals surface area contributed by atoms with Crippen LogP contribution in [0.4, 0.5) is 4.79 Å². The second-order valence-corrected chi connectivity index (χ2v) is 5.83. The Kier molecular flexibility index (Phi) is 5.20. The Balaban J connectivity index is 2.81. The molecule has 1 rings (SSSR count). The first-order valence-corrected chi connectivity index (χ1v) is 6.62. The minimum absolute atomic E-state index is 0.00706. The van der Waals surface area contributed by atoms with Gasteiger partial charge in [0.25, 0.3) is 0 Å². The van der Waals surface area contributed by atoms with E-state index in [4.69, 9.17) is 4.74 Å². The number of likely N-dealkylation sites (tertiary alicyclic amines) is 1. The largest absolute Gasteiger partial charge is 0.444 e. The van der Waals surface area contributed by atoms with Crippen molar-refractivity contribution in [1.29, 1.82) is 0 Å². The number of hydrogen-bond acceptors (Lipinski definition) is 3. The molecule has 4 nitrogen and oxygen atoms in total. The summed E-state index contributed by atoms with van der Waals surface area (Å²) in [5, 5.41) is 9.42. The van der Waals surface area contributed by atoms with Crippen molar-refractivity contribution in [3.8, 4) is 0 Å². The van der Waals surface area contributed by atoms with E-state index in [9.17, 15) is 9.90 Å². The van der Waals surface area contributed by atoms with E-state index in [1.165, 1.54) is 0 Å². The number of aliphatic hydroxyl groups excluding tert-OH is 1. The average molecular weight is 255 g/mol. The lowest BCUT2D eigenvalue weighted by Gasteiger charge is -2.41. The maximum Gasteiger partial charge on any atom is 0.410 e. The molecule has 0 bridgehead atoms. The van der Waals surface area contributed by atoms with Crippen LogP contribution in [0.5, 0.6) is 0 Å². The van der Waals surface area contributed by atoms with Crippen LogP contribution in [0, 0.1) is 0 Å². The van der Waals surface area contributed by atoms with Crippen molar-refractivity contribution < 1.29 is 14.6 Å². The first kappa shape index (κ1) is 15.0. The number of rotatable bonds is 3. The molecule has 1 saturated heterocycles. The third-order valence-corrected chi connectivity index (χ3v) is 3.12. The van der Waals surface area contributed by atoms with Gasteiger partial charge in [0.05, 0.1) is 12.6 Å². The van der Waals surface area contributed by atoms with Crippen molar-refractivity contribution in [2.45, 2.75) is 64.1 Å². The van der Waals surface area contributed by atoms with E-state index in [2.05, 4.69) is 6.58 Å². The number of carbonyl (C=O) groups is 1. The number of aliphatic hydroxyl groups is 1. The molecule has 1 fully saturated rings. The molecule has 1 aliphatic rings. The highest BCUT2D eigenvalue weighted by Crippen LogP contribution is 2.27. The summed E-state index contributed by atoms with van der Waals surface area (Å²) >= 11 is 0. The Bertz CT molecular complexity index is 296. The van der Waals surface area contributed by atoms with Crippen LogP contribution in [0.25, 0.3) is 0 Å². The van der Waals surface area contributed by atoms with E-state index in [0.29, 0.717) is 0 Å². The molecule has 1 N–H and O–H groups in total. The van der Waals surface area contributed by atoms with Gasteiger partial charge in [-0.1, -0.05) is 6.08 Å². The number of nitrogens with zero attached hydrogens (tertiary/aromatic N) is 1. The highest BCUT2D eigenvalue weighted by Gasteiger charge is 2.35. The van der Waals surface area contributed by atoms with Gasteiger partial charge in [0.15, 0.2) is 0 Å². The van der Waals surface area contributed by atoms with Crippen LogP contribution >= 0.6 is 0 Å². The van der Waals surface area contributed by atoms with Crippen molar-refractivity contribution in [3.63, 3.8) is 0 Å². The lowest BCUT2D eigenvalue weighted by Crippen LogP contribution is -2.52. The van der Waals surface area contributed by atoms with Gasteiger partial charge in [-0.3, -0.25) is 4.90 Å². The summed E-state index contributed by atoms with van der Waals surface area (Å²) in [6.45, 7) is 9.28. The maximum atomic E-state index is 12.2. The van der Waals surface area contributed by atoms with Gasteiger partial charge >= 0.3 is 6.09 Å². The van der Waals surface area contributed by atoms with Gasteiger partial charge in [-0.15, -0.1) is 6.58 Å². The van der Waals surface area contributed by atoms with Crippen molar-refractivity contribution in [3.05, 3.63) is 12.7 Å². The molecule has 2 atom stereocenters. The molecule has 1 heterocycles. The van der Waals surface area contributed by atoms with Gasteiger partial charge in [0, 0.05) is 6.04 Å². The monoisotopic (exact) mass is 255 g/mol. The van der Waals surface area contributed by atoms with Gasteiger partial charge in [0.1, 0.15) is 5.60 Å². The van der Waals surface area contributed by atoms with Gasteiger partial charge in [-0.2, -0.15) is 0 Å². The zero-order chi connectivity index (χ0) is 13.8. The van der Waals surface area contributed by atoms with E-state index in [0.717, 1.165) is 25.7 Å². The normalized spacial score (nSPS) is 24.8. The fourth-order valence-corrected chi connectivity index (χ4v) is 2.38. The van der Waals surface area contributed by atoms with Crippen LogP contribution in [-0.4, -0.2) is 40.4 Å². The fourth-order valence-electron chi connectivity index (χ4n) is 2.38. The molecule has 18 heavy (non-hydrogen) atoms. The zero-order valence-corrected chi connectivity index (χ0v) is 11.7. The van der Waals surface area contributed by atoms with Crippen molar-refractivity contribution in [2.75, 3.05) is 6.61 Å². The van der Waals surface area contributed by atoms with Gasteiger partial charge < -0.3 is 9.84 Å². The Morgan fingerprint density at radius 2 is 2.06 bits per heavy atom. The van der Waals surface area contributed by atoms with Crippen LogP contribution < -0.4 is 0 Å². The number of ether oxygens (including phenoxy) is 1. The summed E-state index contributed by atoms with van der Waals surface area (Å²) < 4.78 is 5.43. The molecule has 4 heteroatoms. The second-order valence-electron chi connectivity index (χ2n) is 5.83. The molecule has 1 amide bonds. The summed E-state index contributed by atoms with van der Waals surface area (Å²) in [6, 6.07) is -0.0261. The third-order valence-electron chi connectivity index (χ3n) is 3.12. The smallest absolute Gasteiger partial charge is 0.410 e. The molecular formula is C14H25NO3. The third kappa shape index (κ3) is 4.02. The van der Waals surface area contributed by atoms with Crippen LogP contribution in [0.15, 0.2) is 12.7 Å². The fraction of sp³-hybridized carbons (Fsp3) is 0.786. The number of carbonyl (C=O) groups excluding carboxylic acids is 1. The minimum Gasteiger partial charge on any atom is -0.444 e.